The summed E-state index contributed by atoms with van der Waals surface area (Å²) in [5, 5.41) is 0. The Morgan fingerprint density at radius 1 is 1.06 bits per heavy atom. The van der Waals surface area contributed by atoms with E-state index in [0.29, 0.717) is 13.0 Å². The van der Waals surface area contributed by atoms with Gasteiger partial charge in [0.2, 0.25) is 0 Å². The number of rotatable bonds is 1. The molecule has 1 unspecified atom stereocenters. The van der Waals surface area contributed by atoms with Crippen LogP contribution in [0.3, 0.4) is 0 Å². The maximum Gasteiger partial charge on any atom is 0.184 e. The van der Waals surface area contributed by atoms with Crippen molar-refractivity contribution in [3.63, 3.8) is 0 Å². The van der Waals surface area contributed by atoms with E-state index in [2.05, 4.69) is 0 Å². The number of hydrogen-bond acceptors (Lipinski definition) is 4. The zero-order chi connectivity index (χ0) is 11.7. The van der Waals surface area contributed by atoms with Crippen LogP contribution in [0.15, 0.2) is 30.3 Å². The fourth-order valence-corrected chi connectivity index (χ4v) is 2.18. The van der Waals surface area contributed by atoms with Crippen molar-refractivity contribution in [2.75, 3.05) is 13.2 Å². The van der Waals surface area contributed by atoms with Gasteiger partial charge in [0.1, 0.15) is 12.7 Å². The molecule has 0 spiro atoms. The van der Waals surface area contributed by atoms with E-state index in [1.807, 2.05) is 30.3 Å². The van der Waals surface area contributed by atoms with Crippen LogP contribution in [0.1, 0.15) is 18.3 Å². The number of carbonyl (C=O) groups is 1. The molecule has 3 atom stereocenters. The molecule has 0 aliphatic carbocycles. The zero-order valence-electron chi connectivity index (χ0n) is 9.37. The Hall–Kier alpha value is -1.23. The Labute approximate surface area is 99.5 Å². The molecule has 2 fully saturated rings. The number of carbonyl (C=O) groups excluding carboxylic acids is 1. The minimum Gasteiger partial charge on any atom is -0.365 e. The molecule has 2 saturated heterocycles. The highest BCUT2D eigenvalue weighted by Gasteiger charge is 2.37. The molecule has 0 aromatic heterocycles. The van der Waals surface area contributed by atoms with E-state index in [9.17, 15) is 4.79 Å². The standard InChI is InChI=1S/C13H14O4/c14-10-6-11-12(15-7-10)8-16-13(17-11)9-4-2-1-3-5-9/h1-5,11-13H,6-8H2/t11-,12+,13?/m0/s1. The van der Waals surface area contributed by atoms with Gasteiger partial charge in [0, 0.05) is 12.0 Å². The van der Waals surface area contributed by atoms with Gasteiger partial charge in [-0.1, -0.05) is 30.3 Å². The highest BCUT2D eigenvalue weighted by atomic mass is 16.7. The van der Waals surface area contributed by atoms with Gasteiger partial charge in [-0.2, -0.15) is 0 Å². The third kappa shape index (κ3) is 2.24. The second kappa shape index (κ2) is 4.56. The van der Waals surface area contributed by atoms with Crippen molar-refractivity contribution in [2.24, 2.45) is 0 Å². The monoisotopic (exact) mass is 234 g/mol. The van der Waals surface area contributed by atoms with Crippen molar-refractivity contribution in [1.29, 1.82) is 0 Å². The van der Waals surface area contributed by atoms with E-state index in [0.717, 1.165) is 5.56 Å². The number of ether oxygens (including phenoxy) is 3. The predicted molar refractivity (Wildman–Crippen MR) is 59.4 cm³/mol. The molecule has 0 amide bonds. The third-order valence-corrected chi connectivity index (χ3v) is 3.08. The molecule has 90 valence electrons. The maximum absolute atomic E-state index is 11.3. The zero-order valence-corrected chi connectivity index (χ0v) is 9.37. The lowest BCUT2D eigenvalue weighted by atomic mass is 10.0. The molecule has 1 aromatic carbocycles. The van der Waals surface area contributed by atoms with Crippen LogP contribution in [0.4, 0.5) is 0 Å². The summed E-state index contributed by atoms with van der Waals surface area (Å²) in [7, 11) is 0. The maximum atomic E-state index is 11.3. The van der Waals surface area contributed by atoms with E-state index in [1.54, 1.807) is 0 Å². The largest absolute Gasteiger partial charge is 0.365 e. The van der Waals surface area contributed by atoms with Gasteiger partial charge < -0.3 is 14.2 Å². The van der Waals surface area contributed by atoms with Crippen LogP contribution < -0.4 is 0 Å². The van der Waals surface area contributed by atoms with E-state index in [1.165, 1.54) is 0 Å². The molecule has 2 aliphatic rings. The Bertz CT molecular complexity index is 403. The lowest BCUT2D eigenvalue weighted by Crippen LogP contribution is -2.47. The highest BCUT2D eigenvalue weighted by Crippen LogP contribution is 2.30. The van der Waals surface area contributed by atoms with Crippen molar-refractivity contribution in [2.45, 2.75) is 24.9 Å². The van der Waals surface area contributed by atoms with Crippen LogP contribution in [0, 0.1) is 0 Å². The molecule has 0 radical (unpaired) electrons. The van der Waals surface area contributed by atoms with Crippen LogP contribution in [-0.4, -0.2) is 31.2 Å². The van der Waals surface area contributed by atoms with Crippen molar-refractivity contribution in [3.8, 4) is 0 Å². The average Bonchev–Trinajstić information content (AvgIpc) is 2.39. The smallest absolute Gasteiger partial charge is 0.184 e. The number of fused-ring (bicyclic) bond motifs is 1. The summed E-state index contributed by atoms with van der Waals surface area (Å²) < 4.78 is 16.8. The number of Topliss-reactive ketones (excluding diaryl/α,β-unsaturated/α-hetero) is 1. The molecule has 2 heterocycles. The molecule has 1 aromatic rings. The summed E-state index contributed by atoms with van der Waals surface area (Å²) in [4.78, 5) is 11.3. The molecule has 4 nitrogen and oxygen atoms in total. The molecular formula is C13H14O4. The summed E-state index contributed by atoms with van der Waals surface area (Å²) in [6.45, 7) is 0.668. The van der Waals surface area contributed by atoms with E-state index >= 15 is 0 Å². The molecule has 0 saturated carbocycles. The van der Waals surface area contributed by atoms with Gasteiger partial charge in [0.25, 0.3) is 0 Å². The normalized spacial score (nSPS) is 33.2. The summed E-state index contributed by atoms with van der Waals surface area (Å²) >= 11 is 0. The van der Waals surface area contributed by atoms with Gasteiger partial charge in [0.05, 0.1) is 12.7 Å². The van der Waals surface area contributed by atoms with Crippen LogP contribution >= 0.6 is 0 Å². The average molecular weight is 234 g/mol. The molecule has 3 rings (SSSR count). The third-order valence-electron chi connectivity index (χ3n) is 3.08. The number of benzene rings is 1. The van der Waals surface area contributed by atoms with Crippen molar-refractivity contribution >= 4 is 5.78 Å². The number of ketones is 1. The fraction of sp³-hybridized carbons (Fsp3) is 0.462. The van der Waals surface area contributed by atoms with Gasteiger partial charge in [-0.25, -0.2) is 0 Å². The first-order valence-corrected chi connectivity index (χ1v) is 5.78. The Balaban J connectivity index is 1.72. The second-order valence-corrected chi connectivity index (χ2v) is 4.34. The van der Waals surface area contributed by atoms with E-state index in [4.69, 9.17) is 14.2 Å². The quantitative estimate of drug-likeness (QED) is 0.738. The van der Waals surface area contributed by atoms with Gasteiger partial charge in [0.15, 0.2) is 12.1 Å². The van der Waals surface area contributed by atoms with Gasteiger partial charge in [-0.3, -0.25) is 4.79 Å². The van der Waals surface area contributed by atoms with Gasteiger partial charge in [-0.15, -0.1) is 0 Å². The van der Waals surface area contributed by atoms with Crippen molar-refractivity contribution in [3.05, 3.63) is 35.9 Å². The van der Waals surface area contributed by atoms with Gasteiger partial charge >= 0.3 is 0 Å². The summed E-state index contributed by atoms with van der Waals surface area (Å²) in [5.74, 6) is 0.0972. The van der Waals surface area contributed by atoms with Crippen LogP contribution in [0.5, 0.6) is 0 Å². The molecule has 17 heavy (non-hydrogen) atoms. The van der Waals surface area contributed by atoms with Crippen molar-refractivity contribution in [1.82, 2.24) is 0 Å². The first kappa shape index (κ1) is 10.9. The van der Waals surface area contributed by atoms with Crippen LogP contribution in [0.25, 0.3) is 0 Å². The second-order valence-electron chi connectivity index (χ2n) is 4.34. The predicted octanol–water partition coefficient (Wildman–Crippen LogP) is 1.46. The van der Waals surface area contributed by atoms with Crippen molar-refractivity contribution < 1.29 is 19.0 Å². The summed E-state index contributed by atoms with van der Waals surface area (Å²) in [6, 6.07) is 9.74. The lowest BCUT2D eigenvalue weighted by Gasteiger charge is -2.38. The number of hydrogen-bond donors (Lipinski definition) is 0. The minimum absolute atomic E-state index is 0.0972. The Morgan fingerprint density at radius 2 is 1.88 bits per heavy atom. The lowest BCUT2D eigenvalue weighted by molar-refractivity contribution is -0.272. The van der Waals surface area contributed by atoms with E-state index < -0.39 is 0 Å². The minimum atomic E-state index is -0.382. The summed E-state index contributed by atoms with van der Waals surface area (Å²) in [5.41, 5.74) is 0.976. The first-order chi connectivity index (χ1) is 8.33. The van der Waals surface area contributed by atoms with Crippen LogP contribution in [-0.2, 0) is 19.0 Å². The molecule has 0 bridgehead atoms. The summed E-state index contributed by atoms with van der Waals surface area (Å²) in [6.07, 6.45) is -0.230. The molecular weight excluding hydrogens is 220 g/mol. The van der Waals surface area contributed by atoms with E-state index in [-0.39, 0.29) is 30.9 Å². The van der Waals surface area contributed by atoms with Gasteiger partial charge in [-0.05, 0) is 0 Å². The first-order valence-electron chi connectivity index (χ1n) is 5.78. The Morgan fingerprint density at radius 3 is 2.71 bits per heavy atom. The fourth-order valence-electron chi connectivity index (χ4n) is 2.18. The molecule has 0 N–H and O–H groups in total. The SMILES string of the molecule is O=C1CO[C@@H]2COC(c3ccccc3)O[C@H]2C1. The topological polar surface area (TPSA) is 44.8 Å². The molecule has 2 aliphatic heterocycles. The highest BCUT2D eigenvalue weighted by molar-refractivity contribution is 5.80. The van der Waals surface area contributed by atoms with Crippen LogP contribution in [0.2, 0.25) is 0 Å². The Kier molecular flexibility index (Phi) is 2.93. The molecule has 4 heteroatoms.